The van der Waals surface area contributed by atoms with Gasteiger partial charge in [0.2, 0.25) is 5.17 Å². The Labute approximate surface area is 155 Å². The van der Waals surface area contributed by atoms with E-state index < -0.39 is 5.91 Å². The number of carbonyl (C=O) groups excluding carboxylic acids is 1. The molecule has 0 saturated carbocycles. The summed E-state index contributed by atoms with van der Waals surface area (Å²) in [6.07, 6.45) is 1.58. The molecule has 0 aliphatic carbocycles. The van der Waals surface area contributed by atoms with Gasteiger partial charge in [-0.15, -0.1) is 0 Å². The smallest absolute Gasteiger partial charge is 0.283 e. The molecule has 0 bridgehead atoms. The topological polar surface area (TPSA) is 78.1 Å². The van der Waals surface area contributed by atoms with Crippen LogP contribution in [0.4, 0.5) is 0 Å². The quantitative estimate of drug-likeness (QED) is 0.805. The number of thioether (sulfide) groups is 1. The number of nitrogens with one attached hydrogen (secondary N) is 1. The highest BCUT2D eigenvalue weighted by atomic mass is 35.5. The predicted molar refractivity (Wildman–Crippen MR) is 102 cm³/mol. The number of fused-ring (bicyclic) bond motifs is 1. The molecule has 0 radical (unpaired) electrons. The first kappa shape index (κ1) is 17.7. The first-order valence-electron chi connectivity index (χ1n) is 7.83. The maximum atomic E-state index is 12.4. The van der Waals surface area contributed by atoms with E-state index in [2.05, 4.69) is 10.1 Å². The van der Waals surface area contributed by atoms with Crippen molar-refractivity contribution in [2.45, 2.75) is 20.8 Å². The second-order valence-corrected chi connectivity index (χ2v) is 7.15. The molecule has 2 heterocycles. The Bertz CT molecular complexity index is 845. The predicted octanol–water partition coefficient (Wildman–Crippen LogP) is 4.01. The van der Waals surface area contributed by atoms with Crippen LogP contribution in [0.15, 0.2) is 33.9 Å². The van der Waals surface area contributed by atoms with Gasteiger partial charge >= 0.3 is 0 Å². The number of ether oxygens (including phenoxy) is 1. The summed E-state index contributed by atoms with van der Waals surface area (Å²) in [6, 6.07) is 5.15. The summed E-state index contributed by atoms with van der Waals surface area (Å²) in [7, 11) is 0. The Morgan fingerprint density at radius 1 is 1.44 bits per heavy atom. The monoisotopic (exact) mass is 376 g/mol. The fraction of sp³-hybridized carbons (Fsp3) is 0.294. The van der Waals surface area contributed by atoms with Crippen LogP contribution in [-0.4, -0.2) is 33.6 Å². The van der Waals surface area contributed by atoms with Crippen molar-refractivity contribution in [3.63, 3.8) is 0 Å². The van der Waals surface area contributed by atoms with E-state index in [0.29, 0.717) is 28.1 Å². The van der Waals surface area contributed by atoms with Gasteiger partial charge in [0.25, 0.3) is 5.91 Å². The minimum absolute atomic E-state index is 0.000531. The number of nitrogens with zero attached hydrogens (tertiary/aromatic N) is 3. The van der Waals surface area contributed by atoms with E-state index in [4.69, 9.17) is 21.7 Å². The molecule has 0 aromatic heterocycles. The molecule has 0 saturated heterocycles. The molecule has 1 amide bonds. The maximum absolute atomic E-state index is 12.4. The number of carbonyl (C=O) groups is 1. The van der Waals surface area contributed by atoms with Crippen molar-refractivity contribution in [2.75, 3.05) is 6.61 Å². The Kier molecular flexibility index (Phi) is 4.96. The van der Waals surface area contributed by atoms with Crippen LogP contribution in [0.2, 0.25) is 5.02 Å². The molecule has 130 valence electrons. The molecular formula is C17H17ClN4O2S. The molecule has 1 aromatic rings. The number of benzene rings is 1. The summed E-state index contributed by atoms with van der Waals surface area (Å²) in [5.41, 5.74) is 0.780. The van der Waals surface area contributed by atoms with E-state index in [-0.39, 0.29) is 17.3 Å². The molecule has 1 aromatic carbocycles. The average Bonchev–Trinajstić information content (AvgIpc) is 2.98. The van der Waals surface area contributed by atoms with E-state index in [1.807, 2.05) is 20.8 Å². The van der Waals surface area contributed by atoms with Gasteiger partial charge in [0.15, 0.2) is 5.84 Å². The normalized spacial score (nSPS) is 18.6. The van der Waals surface area contributed by atoms with Crippen molar-refractivity contribution in [3.05, 3.63) is 34.4 Å². The van der Waals surface area contributed by atoms with Crippen molar-refractivity contribution in [1.29, 1.82) is 5.41 Å². The lowest BCUT2D eigenvalue weighted by atomic mass is 10.1. The van der Waals surface area contributed by atoms with E-state index >= 15 is 0 Å². The summed E-state index contributed by atoms with van der Waals surface area (Å²) in [5, 5.41) is 15.9. The zero-order valence-corrected chi connectivity index (χ0v) is 15.6. The molecule has 25 heavy (non-hydrogen) atoms. The molecule has 0 unspecified atom stereocenters. The molecule has 0 atom stereocenters. The fourth-order valence-corrected chi connectivity index (χ4v) is 3.39. The number of rotatable bonds is 4. The van der Waals surface area contributed by atoms with E-state index in [9.17, 15) is 4.79 Å². The third-order valence-corrected chi connectivity index (χ3v) is 4.98. The third-order valence-electron chi connectivity index (χ3n) is 3.54. The number of amides is 1. The van der Waals surface area contributed by atoms with Gasteiger partial charge in [0, 0.05) is 16.5 Å². The lowest BCUT2D eigenvalue weighted by molar-refractivity contribution is -0.114. The highest BCUT2D eigenvalue weighted by molar-refractivity contribution is 8.27. The number of hydrogen-bond acceptors (Lipinski definition) is 5. The molecule has 8 heteroatoms. The van der Waals surface area contributed by atoms with Gasteiger partial charge < -0.3 is 4.74 Å². The van der Waals surface area contributed by atoms with Gasteiger partial charge in [-0.25, -0.2) is 0 Å². The molecule has 1 N–H and O–H groups in total. The molecule has 3 rings (SSSR count). The lowest BCUT2D eigenvalue weighted by Gasteiger charge is -2.20. The van der Waals surface area contributed by atoms with E-state index in [0.717, 1.165) is 5.04 Å². The second kappa shape index (κ2) is 7.01. The summed E-state index contributed by atoms with van der Waals surface area (Å²) >= 11 is 7.39. The van der Waals surface area contributed by atoms with Gasteiger partial charge in [0.05, 0.1) is 12.2 Å². The molecule has 2 aliphatic heterocycles. The van der Waals surface area contributed by atoms with E-state index in [1.165, 1.54) is 16.8 Å². The van der Waals surface area contributed by atoms with Crippen LogP contribution in [0.25, 0.3) is 6.08 Å². The molecule has 0 spiro atoms. The van der Waals surface area contributed by atoms with Crippen molar-refractivity contribution >= 4 is 51.4 Å². The maximum Gasteiger partial charge on any atom is 0.283 e. The summed E-state index contributed by atoms with van der Waals surface area (Å²) in [6.45, 7) is 6.37. The van der Waals surface area contributed by atoms with Crippen LogP contribution < -0.4 is 4.74 Å². The number of aliphatic imine (C=N–C) groups is 1. The van der Waals surface area contributed by atoms with E-state index in [1.54, 1.807) is 24.3 Å². The minimum Gasteiger partial charge on any atom is -0.493 e. The third kappa shape index (κ3) is 3.48. The molecule has 6 nitrogen and oxygen atoms in total. The summed E-state index contributed by atoms with van der Waals surface area (Å²) in [4.78, 5) is 16.5. The number of hydrogen-bond donors (Lipinski definition) is 1. The van der Waals surface area contributed by atoms with Crippen LogP contribution in [0.3, 0.4) is 0 Å². The summed E-state index contributed by atoms with van der Waals surface area (Å²) < 4.78 is 5.57. The van der Waals surface area contributed by atoms with Gasteiger partial charge in [-0.2, -0.15) is 15.1 Å². The van der Waals surface area contributed by atoms with Gasteiger partial charge in [-0.05, 0) is 43.0 Å². The van der Waals surface area contributed by atoms with Gasteiger partial charge in [-0.3, -0.25) is 10.2 Å². The van der Waals surface area contributed by atoms with Crippen molar-refractivity contribution in [1.82, 2.24) is 5.01 Å². The highest BCUT2D eigenvalue weighted by Gasteiger charge is 2.36. The van der Waals surface area contributed by atoms with Crippen LogP contribution in [0.5, 0.6) is 5.75 Å². The number of halogens is 1. The first-order valence-corrected chi connectivity index (χ1v) is 9.02. The van der Waals surface area contributed by atoms with Gasteiger partial charge in [-0.1, -0.05) is 25.4 Å². The zero-order valence-electron chi connectivity index (χ0n) is 14.0. The van der Waals surface area contributed by atoms with Crippen molar-refractivity contribution in [2.24, 2.45) is 16.0 Å². The Morgan fingerprint density at radius 2 is 2.20 bits per heavy atom. The van der Waals surface area contributed by atoms with Crippen molar-refractivity contribution in [3.8, 4) is 5.75 Å². The number of amidine groups is 2. The minimum atomic E-state index is -0.466. The number of hydrazone groups is 1. The fourth-order valence-electron chi connectivity index (χ4n) is 2.31. The Hall–Kier alpha value is -2.12. The Morgan fingerprint density at radius 3 is 2.88 bits per heavy atom. The first-order chi connectivity index (χ1) is 11.9. The van der Waals surface area contributed by atoms with Crippen LogP contribution >= 0.6 is 23.4 Å². The highest BCUT2D eigenvalue weighted by Crippen LogP contribution is 2.32. The molecular weight excluding hydrogens is 360 g/mol. The SMILES string of the molecule is CCOc1ccc(Cl)cc1/C=C1/C(=N)N2N=C(C(C)C)SC2=NC1=O. The second-order valence-electron chi connectivity index (χ2n) is 5.73. The van der Waals surface area contributed by atoms with Crippen molar-refractivity contribution < 1.29 is 9.53 Å². The lowest BCUT2D eigenvalue weighted by Crippen LogP contribution is -2.35. The van der Waals surface area contributed by atoms with Gasteiger partial charge in [0.1, 0.15) is 10.8 Å². The van der Waals surface area contributed by atoms with Crippen LogP contribution in [-0.2, 0) is 4.79 Å². The van der Waals surface area contributed by atoms with Crippen LogP contribution in [0.1, 0.15) is 26.3 Å². The molecule has 0 fully saturated rings. The zero-order chi connectivity index (χ0) is 18.1. The Balaban J connectivity index is 2.02. The largest absolute Gasteiger partial charge is 0.493 e. The average molecular weight is 377 g/mol. The summed E-state index contributed by atoms with van der Waals surface area (Å²) in [5.74, 6) is 0.329. The standard InChI is InChI=1S/C17H17ClN4O2S/c1-4-24-13-6-5-11(18)7-10(13)8-12-14(19)22-17(20-15(12)23)25-16(21-22)9(2)3/h5-9,19H,4H2,1-3H3/b12-8-,19-14?. The van der Waals surface area contributed by atoms with Crippen LogP contribution in [0, 0.1) is 11.3 Å². The molecule has 2 aliphatic rings.